The predicted octanol–water partition coefficient (Wildman–Crippen LogP) is 18.4. The van der Waals surface area contributed by atoms with Gasteiger partial charge < -0.3 is 14.4 Å². The van der Waals surface area contributed by atoms with Crippen molar-refractivity contribution in [3.05, 3.63) is 307 Å². The second kappa shape index (κ2) is 16.9. The van der Waals surface area contributed by atoms with E-state index in [4.69, 9.17) is 0 Å². The van der Waals surface area contributed by atoms with Gasteiger partial charge in [-0.05, 0) is 146 Å². The molecule has 0 bridgehead atoms. The molecule has 0 unspecified atom stereocenters. The molecule has 14 rings (SSSR count). The van der Waals surface area contributed by atoms with E-state index in [9.17, 15) is 0 Å². The predicted molar refractivity (Wildman–Crippen MR) is 302 cm³/mol. The van der Waals surface area contributed by atoms with Crippen LogP contribution in [0.15, 0.2) is 285 Å². The summed E-state index contributed by atoms with van der Waals surface area (Å²) in [7, 11) is 0. The van der Waals surface area contributed by atoms with Crippen molar-refractivity contribution in [3.8, 4) is 16.8 Å². The van der Waals surface area contributed by atoms with Gasteiger partial charge in [-0.2, -0.15) is 0 Å². The smallest absolute Gasteiger partial charge is 0.0782 e. The van der Waals surface area contributed by atoms with E-state index in [1.54, 1.807) is 0 Å². The number of aromatic nitrogens is 1. The highest BCUT2D eigenvalue weighted by atomic mass is 15.2. The van der Waals surface area contributed by atoms with Gasteiger partial charge >= 0.3 is 0 Å². The van der Waals surface area contributed by atoms with E-state index in [0.717, 1.165) is 45.3 Å². The fourth-order valence-corrected chi connectivity index (χ4v) is 12.0. The summed E-state index contributed by atoms with van der Waals surface area (Å²) >= 11 is 0. The van der Waals surface area contributed by atoms with Crippen molar-refractivity contribution in [3.63, 3.8) is 0 Å². The summed E-state index contributed by atoms with van der Waals surface area (Å²) < 4.78 is 2.44. The van der Waals surface area contributed by atoms with Crippen LogP contribution in [0.25, 0.3) is 60.2 Å². The molecule has 0 saturated heterocycles. The molecule has 13 aromatic rings. The molecule has 1 aliphatic rings. The van der Waals surface area contributed by atoms with Crippen molar-refractivity contribution in [1.29, 1.82) is 0 Å². The van der Waals surface area contributed by atoms with Crippen molar-refractivity contribution in [2.24, 2.45) is 0 Å². The van der Waals surface area contributed by atoms with Gasteiger partial charge in [-0.15, -0.1) is 0 Å². The lowest BCUT2D eigenvalue weighted by Crippen LogP contribution is -2.28. The summed E-state index contributed by atoms with van der Waals surface area (Å²) in [5.74, 6) is 0. The Labute approximate surface area is 419 Å². The number of nitrogens with zero attached hydrogens (tertiary/aromatic N) is 3. The zero-order valence-electron chi connectivity index (χ0n) is 39.5. The maximum absolute atomic E-state index is 2.51. The Kier molecular flexibility index (Phi) is 9.75. The van der Waals surface area contributed by atoms with Crippen LogP contribution in [0.1, 0.15) is 22.3 Å². The van der Waals surface area contributed by atoms with E-state index in [1.165, 1.54) is 71.2 Å². The van der Waals surface area contributed by atoms with Crippen molar-refractivity contribution >= 4 is 77.5 Å². The minimum atomic E-state index is -0.490. The molecule has 72 heavy (non-hydrogen) atoms. The molecule has 0 saturated carbocycles. The van der Waals surface area contributed by atoms with Gasteiger partial charge in [0.15, 0.2) is 0 Å². The first-order chi connectivity index (χ1) is 35.7. The molecule has 1 aliphatic carbocycles. The molecule has 1 aromatic heterocycles. The van der Waals surface area contributed by atoms with Gasteiger partial charge in [0.1, 0.15) is 0 Å². The number of benzene rings is 12. The second-order valence-corrected chi connectivity index (χ2v) is 18.8. The quantitative estimate of drug-likeness (QED) is 0.134. The molecule has 0 radical (unpaired) electrons. The molecule has 0 fully saturated rings. The highest BCUT2D eigenvalue weighted by Gasteiger charge is 2.46. The monoisotopic (exact) mass is 917 g/mol. The average molecular weight is 918 g/mol. The highest BCUT2D eigenvalue weighted by Crippen LogP contribution is 2.57. The zero-order valence-corrected chi connectivity index (χ0v) is 39.5. The standard InChI is InChI=1S/C69H47N3/c1-6-22-50(23-7-1)69(51-24-8-2-9-25-51)64-37-18-16-34-59(64)63-45-49-41-40-48-44-57(42-43-58(48)62(49)47-65(63)69)71(56-33-20-32-55(46-56)70(52-26-10-3-11-27-52)53-28-12-4-13-29-53)67-39-21-36-61-60-35-17-19-38-66(60)72(68(61)67)54-30-14-5-15-31-54/h1-47H. The van der Waals surface area contributed by atoms with Crippen LogP contribution < -0.4 is 9.80 Å². The molecule has 338 valence electrons. The second-order valence-electron chi connectivity index (χ2n) is 18.8. The molecule has 3 heteroatoms. The van der Waals surface area contributed by atoms with Crippen molar-refractivity contribution in [1.82, 2.24) is 4.57 Å². The molecule has 3 nitrogen and oxygen atoms in total. The van der Waals surface area contributed by atoms with Crippen LogP contribution in [0.2, 0.25) is 0 Å². The summed E-state index contributed by atoms with van der Waals surface area (Å²) in [5.41, 5.74) is 17.1. The van der Waals surface area contributed by atoms with Crippen LogP contribution in [-0.2, 0) is 5.41 Å². The Bertz CT molecular complexity index is 4070. The number of hydrogen-bond acceptors (Lipinski definition) is 2. The van der Waals surface area contributed by atoms with Crippen LogP contribution in [-0.4, -0.2) is 4.57 Å². The maximum Gasteiger partial charge on any atom is 0.0782 e. The normalized spacial score (nSPS) is 12.6. The number of hydrogen-bond donors (Lipinski definition) is 0. The summed E-state index contributed by atoms with van der Waals surface area (Å²) in [5, 5.41) is 7.27. The third kappa shape index (κ3) is 6.45. The van der Waals surface area contributed by atoms with E-state index in [1.807, 2.05) is 0 Å². The first-order valence-electron chi connectivity index (χ1n) is 24.8. The Morgan fingerprint density at radius 1 is 0.292 bits per heavy atom. The first kappa shape index (κ1) is 41.5. The molecule has 0 spiro atoms. The molecule has 12 aromatic carbocycles. The van der Waals surface area contributed by atoms with Crippen molar-refractivity contribution in [2.45, 2.75) is 5.41 Å². The fourth-order valence-electron chi connectivity index (χ4n) is 12.0. The van der Waals surface area contributed by atoms with Gasteiger partial charge in [-0.25, -0.2) is 0 Å². The van der Waals surface area contributed by atoms with E-state index < -0.39 is 5.41 Å². The number of fused-ring (bicyclic) bond motifs is 9. The lowest BCUT2D eigenvalue weighted by Gasteiger charge is -2.34. The largest absolute Gasteiger partial charge is 0.310 e. The van der Waals surface area contributed by atoms with Crippen LogP contribution >= 0.6 is 0 Å². The summed E-state index contributed by atoms with van der Waals surface area (Å²) in [6.07, 6.45) is 0. The van der Waals surface area contributed by atoms with Crippen LogP contribution in [0.5, 0.6) is 0 Å². The fraction of sp³-hybridized carbons (Fsp3) is 0.0145. The van der Waals surface area contributed by atoms with Gasteiger partial charge in [0, 0.05) is 44.9 Å². The van der Waals surface area contributed by atoms with E-state index in [-0.39, 0.29) is 0 Å². The lowest BCUT2D eigenvalue weighted by atomic mass is 9.67. The van der Waals surface area contributed by atoms with Crippen LogP contribution in [0, 0.1) is 0 Å². The topological polar surface area (TPSA) is 11.4 Å². The lowest BCUT2D eigenvalue weighted by molar-refractivity contribution is 0.769. The summed E-state index contributed by atoms with van der Waals surface area (Å²) in [4.78, 5) is 4.81. The van der Waals surface area contributed by atoms with Crippen LogP contribution in [0.3, 0.4) is 0 Å². The third-order valence-electron chi connectivity index (χ3n) is 15.0. The van der Waals surface area contributed by atoms with Gasteiger partial charge in [0.2, 0.25) is 0 Å². The highest BCUT2D eigenvalue weighted by molar-refractivity contribution is 6.15. The van der Waals surface area contributed by atoms with E-state index in [0.29, 0.717) is 0 Å². The van der Waals surface area contributed by atoms with Crippen LogP contribution in [0.4, 0.5) is 34.1 Å². The number of para-hydroxylation sites is 5. The van der Waals surface area contributed by atoms with E-state index >= 15 is 0 Å². The molecule has 1 heterocycles. The third-order valence-corrected chi connectivity index (χ3v) is 15.0. The van der Waals surface area contributed by atoms with E-state index in [2.05, 4.69) is 299 Å². The Morgan fingerprint density at radius 3 is 1.51 bits per heavy atom. The Balaban J connectivity index is 1.02. The molecular formula is C69H47N3. The number of rotatable bonds is 9. The Hall–Kier alpha value is -9.44. The van der Waals surface area contributed by atoms with Gasteiger partial charge in [-0.3, -0.25) is 0 Å². The Morgan fingerprint density at radius 2 is 0.819 bits per heavy atom. The SMILES string of the molecule is c1ccc(N(c2ccccc2)c2cccc(N(c3ccc4c(ccc5cc6c(cc54)C(c4ccccc4)(c4ccccc4)c4ccccc4-6)c3)c3cccc4c5ccccc5n(-c5ccccc5)c34)c2)cc1. The first-order valence-corrected chi connectivity index (χ1v) is 24.8. The van der Waals surface area contributed by atoms with Gasteiger partial charge in [-0.1, -0.05) is 194 Å². The maximum atomic E-state index is 2.51. The summed E-state index contributed by atoms with van der Waals surface area (Å²) in [6.45, 7) is 0. The van der Waals surface area contributed by atoms with Gasteiger partial charge in [0.05, 0.1) is 22.1 Å². The minimum absolute atomic E-state index is 0.490. The van der Waals surface area contributed by atoms with Crippen molar-refractivity contribution in [2.75, 3.05) is 9.80 Å². The molecule has 0 atom stereocenters. The molecule has 0 amide bonds. The average Bonchev–Trinajstić information content (AvgIpc) is 3.95. The minimum Gasteiger partial charge on any atom is -0.310 e. The molecule has 0 aliphatic heterocycles. The summed E-state index contributed by atoms with van der Waals surface area (Å²) in [6, 6.07) is 105. The van der Waals surface area contributed by atoms with Crippen molar-refractivity contribution < 1.29 is 0 Å². The number of anilines is 6. The molecule has 0 N–H and O–H groups in total. The zero-order chi connectivity index (χ0) is 47.6. The van der Waals surface area contributed by atoms with Gasteiger partial charge in [0.25, 0.3) is 0 Å². The molecular weight excluding hydrogens is 871 g/mol.